The predicted octanol–water partition coefficient (Wildman–Crippen LogP) is 4.45. The minimum atomic E-state index is -0.204. The number of hydrogen-bond donors (Lipinski definition) is 1. The van der Waals surface area contributed by atoms with E-state index < -0.39 is 0 Å². The summed E-state index contributed by atoms with van der Waals surface area (Å²) in [6.07, 6.45) is 7.98. The molecule has 2 N–H and O–H groups in total. The highest BCUT2D eigenvalue weighted by molar-refractivity contribution is 5.94. The monoisotopic (exact) mass is 389 g/mol. The maximum absolute atomic E-state index is 13.0. The minimum Gasteiger partial charge on any atom is -0.398 e. The second kappa shape index (κ2) is 8.43. The quantitative estimate of drug-likeness (QED) is 0.530. The fourth-order valence-electron chi connectivity index (χ4n) is 3.88. The molecule has 4 nitrogen and oxygen atoms in total. The van der Waals surface area contributed by atoms with Gasteiger partial charge in [-0.15, -0.1) is 0 Å². The zero-order chi connectivity index (χ0) is 20.2. The van der Waals surface area contributed by atoms with Gasteiger partial charge in [0.2, 0.25) is 5.91 Å². The number of nitrogens with zero attached hydrogens (tertiary/aromatic N) is 2. The number of pyridine rings is 1. The molecule has 4 rings (SSSR count). The summed E-state index contributed by atoms with van der Waals surface area (Å²) in [5, 5.41) is 0.996. The summed E-state index contributed by atoms with van der Waals surface area (Å²) in [5.41, 5.74) is 9.54. The van der Waals surface area contributed by atoms with Gasteiger partial charge in [0.15, 0.2) is 0 Å². The first kappa shape index (κ1) is 19.1. The molecule has 1 aromatic heterocycles. The van der Waals surface area contributed by atoms with Crippen LogP contribution < -0.4 is 5.73 Å². The van der Waals surface area contributed by atoms with E-state index in [0.29, 0.717) is 11.6 Å². The molecule has 2 heterocycles. The number of amides is 1. The van der Waals surface area contributed by atoms with Gasteiger partial charge in [-0.05, 0) is 72.7 Å². The van der Waals surface area contributed by atoms with Gasteiger partial charge in [-0.2, -0.15) is 0 Å². The molecule has 2 aromatic carbocycles. The molecular weight excluding hydrogens is 365 g/mol. The third-order valence-electron chi connectivity index (χ3n) is 5.58. The highest BCUT2D eigenvalue weighted by Crippen LogP contribution is 2.24. The lowest BCUT2D eigenvalue weighted by atomic mass is 9.90. The lowest BCUT2D eigenvalue weighted by Gasteiger charge is -2.31. The van der Waals surface area contributed by atoms with Crippen LogP contribution in [0.15, 0.2) is 60.8 Å². The van der Waals surface area contributed by atoms with E-state index in [1.54, 1.807) is 18.3 Å². The van der Waals surface area contributed by atoms with Crippen LogP contribution >= 0.6 is 0 Å². The lowest BCUT2D eigenvalue weighted by molar-refractivity contribution is -0.127. The Bertz CT molecular complexity index is 1040. The summed E-state index contributed by atoms with van der Waals surface area (Å²) in [7, 11) is 0. The molecule has 0 radical (unpaired) electrons. The number of halogens is 1. The smallest absolute Gasteiger partial charge is 0.246 e. The summed E-state index contributed by atoms with van der Waals surface area (Å²) in [6.45, 7) is 1.48. The van der Waals surface area contributed by atoms with Crippen LogP contribution in [-0.4, -0.2) is 28.9 Å². The van der Waals surface area contributed by atoms with Gasteiger partial charge in [-0.1, -0.05) is 18.2 Å². The van der Waals surface area contributed by atoms with Gasteiger partial charge in [0.25, 0.3) is 0 Å². The van der Waals surface area contributed by atoms with E-state index in [2.05, 4.69) is 4.98 Å². The van der Waals surface area contributed by atoms with Crippen LogP contribution in [0.1, 0.15) is 24.0 Å². The number of carbonyl (C=O) groups is 1. The molecule has 1 aliphatic heterocycles. The van der Waals surface area contributed by atoms with Crippen LogP contribution in [0.5, 0.6) is 0 Å². The Hall–Kier alpha value is -3.21. The summed E-state index contributed by atoms with van der Waals surface area (Å²) < 4.78 is 13.0. The molecule has 1 fully saturated rings. The molecule has 5 heteroatoms. The lowest BCUT2D eigenvalue weighted by Crippen LogP contribution is -2.37. The second-order valence-corrected chi connectivity index (χ2v) is 7.61. The first-order chi connectivity index (χ1) is 14.1. The number of piperidine rings is 1. The number of nitrogens with two attached hydrogens (primary N) is 1. The average Bonchev–Trinajstić information content (AvgIpc) is 2.74. The van der Waals surface area contributed by atoms with Gasteiger partial charge in [-0.25, -0.2) is 4.39 Å². The van der Waals surface area contributed by atoms with Crippen LogP contribution in [0.3, 0.4) is 0 Å². The number of anilines is 1. The number of rotatable bonds is 4. The van der Waals surface area contributed by atoms with E-state index in [9.17, 15) is 9.18 Å². The second-order valence-electron chi connectivity index (χ2n) is 7.61. The van der Waals surface area contributed by atoms with Crippen molar-refractivity contribution in [2.45, 2.75) is 19.3 Å². The van der Waals surface area contributed by atoms with E-state index >= 15 is 0 Å². The van der Waals surface area contributed by atoms with E-state index in [1.807, 2.05) is 41.3 Å². The third kappa shape index (κ3) is 4.62. The Morgan fingerprint density at radius 1 is 1.17 bits per heavy atom. The predicted molar refractivity (Wildman–Crippen MR) is 115 cm³/mol. The third-order valence-corrected chi connectivity index (χ3v) is 5.58. The molecule has 29 heavy (non-hydrogen) atoms. The molecule has 0 atom stereocenters. The topological polar surface area (TPSA) is 59.2 Å². The Labute approximate surface area is 169 Å². The fourth-order valence-corrected chi connectivity index (χ4v) is 3.88. The van der Waals surface area contributed by atoms with Gasteiger partial charge in [0.05, 0.1) is 5.52 Å². The molecule has 0 aliphatic carbocycles. The minimum absolute atomic E-state index is 0.0101. The number of likely N-dealkylation sites (tertiary alicyclic amines) is 1. The first-order valence-electron chi connectivity index (χ1n) is 9.94. The zero-order valence-electron chi connectivity index (χ0n) is 16.2. The molecular formula is C24H24FN3O. The maximum Gasteiger partial charge on any atom is 0.246 e. The van der Waals surface area contributed by atoms with E-state index in [4.69, 9.17) is 5.73 Å². The van der Waals surface area contributed by atoms with Gasteiger partial charge in [0, 0.05) is 36.4 Å². The largest absolute Gasteiger partial charge is 0.398 e. The number of hydrogen-bond acceptors (Lipinski definition) is 3. The van der Waals surface area contributed by atoms with Crippen molar-refractivity contribution in [3.63, 3.8) is 0 Å². The van der Waals surface area contributed by atoms with Crippen molar-refractivity contribution in [3.05, 3.63) is 77.7 Å². The average molecular weight is 389 g/mol. The van der Waals surface area contributed by atoms with Crippen LogP contribution in [0.25, 0.3) is 17.0 Å². The van der Waals surface area contributed by atoms with Crippen molar-refractivity contribution in [1.82, 2.24) is 9.88 Å². The Kier molecular flexibility index (Phi) is 5.56. The first-order valence-corrected chi connectivity index (χ1v) is 9.94. The fraction of sp³-hybridized carbons (Fsp3) is 0.250. The summed E-state index contributed by atoms with van der Waals surface area (Å²) in [5.74, 6) is 0.331. The summed E-state index contributed by atoms with van der Waals surface area (Å²) in [4.78, 5) is 18.8. The number of carbonyl (C=O) groups excluding carboxylic acids is 1. The van der Waals surface area contributed by atoms with Crippen molar-refractivity contribution in [1.29, 1.82) is 0 Å². The summed E-state index contributed by atoms with van der Waals surface area (Å²) >= 11 is 0. The van der Waals surface area contributed by atoms with Gasteiger partial charge < -0.3 is 10.6 Å². The van der Waals surface area contributed by atoms with Crippen molar-refractivity contribution in [2.75, 3.05) is 18.8 Å². The number of fused-ring (bicyclic) bond motifs is 1. The molecule has 1 aliphatic rings. The van der Waals surface area contributed by atoms with Crippen LogP contribution in [0, 0.1) is 11.7 Å². The van der Waals surface area contributed by atoms with Crippen molar-refractivity contribution >= 4 is 28.6 Å². The molecule has 3 aromatic rings. The SMILES string of the molecule is Nc1cc2ncccc2cc1/C=C/C(=O)N1CCC(Cc2ccc(F)cc2)CC1. The number of nitrogen functional groups attached to an aromatic ring is 1. The molecule has 0 unspecified atom stereocenters. The van der Waals surface area contributed by atoms with E-state index in [1.165, 1.54) is 12.1 Å². The van der Waals surface area contributed by atoms with Gasteiger partial charge >= 0.3 is 0 Å². The van der Waals surface area contributed by atoms with E-state index in [-0.39, 0.29) is 11.7 Å². The number of aromatic nitrogens is 1. The Balaban J connectivity index is 1.35. The molecule has 148 valence electrons. The number of benzene rings is 2. The van der Waals surface area contributed by atoms with Crippen LogP contribution in [0.4, 0.5) is 10.1 Å². The normalized spacial score (nSPS) is 15.3. The van der Waals surface area contributed by atoms with Gasteiger partial charge in [-0.3, -0.25) is 9.78 Å². The Morgan fingerprint density at radius 2 is 1.93 bits per heavy atom. The van der Waals surface area contributed by atoms with Gasteiger partial charge in [0.1, 0.15) is 5.82 Å². The zero-order valence-corrected chi connectivity index (χ0v) is 16.2. The molecule has 0 bridgehead atoms. The van der Waals surface area contributed by atoms with Crippen molar-refractivity contribution in [3.8, 4) is 0 Å². The highest BCUT2D eigenvalue weighted by atomic mass is 19.1. The molecule has 1 saturated heterocycles. The van der Waals surface area contributed by atoms with Crippen molar-refractivity contribution < 1.29 is 9.18 Å². The highest BCUT2D eigenvalue weighted by Gasteiger charge is 2.21. The molecule has 0 saturated carbocycles. The van der Waals surface area contributed by atoms with Crippen molar-refractivity contribution in [2.24, 2.45) is 5.92 Å². The standard InChI is InChI=1S/C24H24FN3O/c25-21-6-3-17(4-7-21)14-18-9-12-28(13-10-18)24(29)8-5-19-15-20-2-1-11-27-23(20)16-22(19)26/h1-8,11,15-16,18H,9-10,12-14,26H2/b8-5+. The maximum atomic E-state index is 13.0. The van der Waals surface area contributed by atoms with E-state index in [0.717, 1.165) is 54.4 Å². The Morgan fingerprint density at radius 3 is 2.69 bits per heavy atom. The summed E-state index contributed by atoms with van der Waals surface area (Å²) in [6, 6.07) is 14.4. The van der Waals surface area contributed by atoms with Crippen LogP contribution in [-0.2, 0) is 11.2 Å². The molecule has 1 amide bonds. The molecule has 0 spiro atoms. The van der Waals surface area contributed by atoms with Crippen LogP contribution in [0.2, 0.25) is 0 Å².